The molecule has 0 radical (unpaired) electrons. The van der Waals surface area contributed by atoms with Gasteiger partial charge < -0.3 is 5.21 Å². The molecule has 0 aromatic carbocycles. The molecule has 0 saturated heterocycles. The van der Waals surface area contributed by atoms with Crippen molar-refractivity contribution in [2.45, 2.75) is 38.9 Å². The van der Waals surface area contributed by atoms with Crippen LogP contribution in [-0.4, -0.2) is 38.0 Å². The van der Waals surface area contributed by atoms with Crippen molar-refractivity contribution in [3.05, 3.63) is 5.21 Å². The van der Waals surface area contributed by atoms with Gasteiger partial charge >= 0.3 is 0 Å². The molecule has 0 aromatic rings. The lowest BCUT2D eigenvalue weighted by Crippen LogP contribution is -2.51. The molecule has 76 valence electrons. The SMILES string of the molecule is CN1C(C)(C)C(CI)=[N+]([O-])C1(C)C. The number of hydrogen-bond acceptors (Lipinski definition) is 2. The molecule has 0 aliphatic carbocycles. The third-order valence-electron chi connectivity index (χ3n) is 3.23. The van der Waals surface area contributed by atoms with Gasteiger partial charge in [0.25, 0.3) is 0 Å². The normalized spacial score (nSPS) is 26.9. The number of hydrogen-bond donors (Lipinski definition) is 0. The number of rotatable bonds is 1. The van der Waals surface area contributed by atoms with Crippen molar-refractivity contribution in [2.75, 3.05) is 11.5 Å². The molecule has 0 N–H and O–H groups in total. The van der Waals surface area contributed by atoms with Gasteiger partial charge in [0.2, 0.25) is 5.66 Å². The van der Waals surface area contributed by atoms with Crippen LogP contribution in [-0.2, 0) is 0 Å². The lowest BCUT2D eigenvalue weighted by Gasteiger charge is -2.32. The summed E-state index contributed by atoms with van der Waals surface area (Å²) in [5.74, 6) is 0. The molecule has 0 atom stereocenters. The first kappa shape index (κ1) is 11.2. The van der Waals surface area contributed by atoms with Crippen molar-refractivity contribution in [1.82, 2.24) is 4.90 Å². The van der Waals surface area contributed by atoms with E-state index < -0.39 is 5.66 Å². The molecular weight excluding hydrogens is 279 g/mol. The Kier molecular flexibility index (Phi) is 2.67. The van der Waals surface area contributed by atoms with Gasteiger partial charge in [-0.1, -0.05) is 22.6 Å². The number of hydroxylamine groups is 1. The molecule has 4 heteroatoms. The van der Waals surface area contributed by atoms with Gasteiger partial charge in [-0.15, -0.1) is 0 Å². The molecule has 0 unspecified atom stereocenters. The maximum atomic E-state index is 11.9. The maximum Gasteiger partial charge on any atom is 0.224 e. The number of nitrogens with zero attached hydrogens (tertiary/aromatic N) is 2. The summed E-state index contributed by atoms with van der Waals surface area (Å²) in [5, 5.41) is 11.9. The molecule has 0 bridgehead atoms. The maximum absolute atomic E-state index is 11.9. The zero-order valence-electron chi connectivity index (χ0n) is 8.89. The van der Waals surface area contributed by atoms with E-state index in [1.165, 1.54) is 0 Å². The van der Waals surface area contributed by atoms with Crippen LogP contribution in [0.1, 0.15) is 27.7 Å². The van der Waals surface area contributed by atoms with Crippen LogP contribution >= 0.6 is 22.6 Å². The first-order valence-corrected chi connectivity index (χ1v) is 5.92. The van der Waals surface area contributed by atoms with Crippen molar-refractivity contribution >= 4 is 28.3 Å². The summed E-state index contributed by atoms with van der Waals surface area (Å²) in [6.07, 6.45) is 0. The van der Waals surface area contributed by atoms with E-state index in [2.05, 4.69) is 41.3 Å². The van der Waals surface area contributed by atoms with Crippen molar-refractivity contribution in [3.8, 4) is 0 Å². The summed E-state index contributed by atoms with van der Waals surface area (Å²) in [6.45, 7) is 8.11. The summed E-state index contributed by atoms with van der Waals surface area (Å²) in [7, 11) is 2.00. The van der Waals surface area contributed by atoms with Gasteiger partial charge in [-0.05, 0) is 20.9 Å². The molecular formula is C9H17IN2O. The van der Waals surface area contributed by atoms with Crippen molar-refractivity contribution < 1.29 is 4.74 Å². The van der Waals surface area contributed by atoms with Crippen LogP contribution in [0.25, 0.3) is 0 Å². The number of alkyl halides is 1. The minimum Gasteiger partial charge on any atom is -0.622 e. The Morgan fingerprint density at radius 3 is 2.00 bits per heavy atom. The fourth-order valence-corrected chi connectivity index (χ4v) is 3.05. The molecule has 0 spiro atoms. The van der Waals surface area contributed by atoms with Crippen molar-refractivity contribution in [2.24, 2.45) is 0 Å². The third kappa shape index (κ3) is 1.38. The van der Waals surface area contributed by atoms with Gasteiger partial charge in [0.15, 0.2) is 5.71 Å². The molecule has 1 rings (SSSR count). The van der Waals surface area contributed by atoms with E-state index in [0.717, 1.165) is 14.9 Å². The van der Waals surface area contributed by atoms with Gasteiger partial charge in [-0.3, -0.25) is 0 Å². The molecule has 1 aliphatic rings. The smallest absolute Gasteiger partial charge is 0.224 e. The molecule has 0 saturated carbocycles. The molecule has 0 aromatic heterocycles. The van der Waals surface area contributed by atoms with Gasteiger partial charge in [-0.2, -0.15) is 4.74 Å². The Morgan fingerprint density at radius 2 is 1.85 bits per heavy atom. The number of halogens is 1. The molecule has 13 heavy (non-hydrogen) atoms. The first-order chi connectivity index (χ1) is 5.76. The highest BCUT2D eigenvalue weighted by molar-refractivity contribution is 14.1. The predicted octanol–water partition coefficient (Wildman–Crippen LogP) is 1.83. The minimum absolute atomic E-state index is 0.119. The topological polar surface area (TPSA) is 29.3 Å². The highest BCUT2D eigenvalue weighted by atomic mass is 127. The van der Waals surface area contributed by atoms with Crippen LogP contribution < -0.4 is 0 Å². The second-order valence-electron chi connectivity index (χ2n) is 4.49. The Morgan fingerprint density at radius 1 is 1.38 bits per heavy atom. The van der Waals surface area contributed by atoms with E-state index in [4.69, 9.17) is 0 Å². The van der Waals surface area contributed by atoms with Gasteiger partial charge in [0.1, 0.15) is 5.54 Å². The predicted molar refractivity (Wildman–Crippen MR) is 63.4 cm³/mol. The Hall–Kier alpha value is 0.160. The van der Waals surface area contributed by atoms with E-state index in [1.807, 2.05) is 20.9 Å². The zero-order valence-corrected chi connectivity index (χ0v) is 11.0. The van der Waals surface area contributed by atoms with E-state index in [1.54, 1.807) is 0 Å². The molecule has 1 heterocycles. The van der Waals surface area contributed by atoms with Gasteiger partial charge in [-0.25, -0.2) is 4.90 Å². The first-order valence-electron chi connectivity index (χ1n) is 4.40. The average Bonchev–Trinajstić information content (AvgIpc) is 2.12. The molecule has 0 amide bonds. The highest BCUT2D eigenvalue weighted by Gasteiger charge is 2.53. The highest BCUT2D eigenvalue weighted by Crippen LogP contribution is 2.32. The molecule has 3 nitrogen and oxygen atoms in total. The minimum atomic E-state index is -0.413. The summed E-state index contributed by atoms with van der Waals surface area (Å²) in [6, 6.07) is 0. The largest absolute Gasteiger partial charge is 0.622 e. The Balaban J connectivity index is 3.23. The zero-order chi connectivity index (χ0) is 10.4. The van der Waals surface area contributed by atoms with Crippen molar-refractivity contribution in [3.63, 3.8) is 0 Å². The lowest BCUT2D eigenvalue weighted by molar-refractivity contribution is -0.556. The fourth-order valence-electron chi connectivity index (χ4n) is 1.81. The van der Waals surface area contributed by atoms with Crippen LogP contribution in [0.5, 0.6) is 0 Å². The van der Waals surface area contributed by atoms with Crippen LogP contribution in [0.15, 0.2) is 0 Å². The van der Waals surface area contributed by atoms with Crippen molar-refractivity contribution in [1.29, 1.82) is 0 Å². The van der Waals surface area contributed by atoms with Crippen LogP contribution in [0.4, 0.5) is 0 Å². The fraction of sp³-hybridized carbons (Fsp3) is 0.889. The van der Waals surface area contributed by atoms with E-state index in [9.17, 15) is 5.21 Å². The summed E-state index contributed by atoms with van der Waals surface area (Å²) >= 11 is 2.25. The summed E-state index contributed by atoms with van der Waals surface area (Å²) in [4.78, 5) is 2.13. The Bertz CT molecular complexity index is 258. The second kappa shape index (κ2) is 3.08. The van der Waals surface area contributed by atoms with Crippen LogP contribution in [0.3, 0.4) is 0 Å². The Labute approximate surface area is 93.5 Å². The van der Waals surface area contributed by atoms with Gasteiger partial charge in [0.05, 0.1) is 4.43 Å². The molecule has 1 aliphatic heterocycles. The lowest BCUT2D eigenvalue weighted by atomic mass is 9.98. The van der Waals surface area contributed by atoms with Crippen LogP contribution in [0, 0.1) is 5.21 Å². The van der Waals surface area contributed by atoms with E-state index in [-0.39, 0.29) is 5.54 Å². The van der Waals surface area contributed by atoms with E-state index >= 15 is 0 Å². The van der Waals surface area contributed by atoms with Gasteiger partial charge in [0, 0.05) is 13.8 Å². The average molecular weight is 296 g/mol. The summed E-state index contributed by atoms with van der Waals surface area (Å²) in [5.41, 5.74) is 0.428. The van der Waals surface area contributed by atoms with E-state index in [0.29, 0.717) is 0 Å². The third-order valence-corrected chi connectivity index (χ3v) is 3.96. The van der Waals surface area contributed by atoms with Crippen LogP contribution in [0.2, 0.25) is 0 Å². The monoisotopic (exact) mass is 296 g/mol. The standard InChI is InChI=1S/C9H17IN2O/c1-8(2)7(6-10)12(13)9(3,4)11(8)5/h6H2,1-5H3. The molecule has 0 fully saturated rings. The summed E-state index contributed by atoms with van der Waals surface area (Å²) < 4.78 is 1.95. The second-order valence-corrected chi connectivity index (χ2v) is 5.25. The quantitative estimate of drug-likeness (QED) is 0.320.